The summed E-state index contributed by atoms with van der Waals surface area (Å²) in [6, 6.07) is -0.106. The van der Waals surface area contributed by atoms with Crippen molar-refractivity contribution in [3.05, 3.63) is 0 Å². The number of hydroxylamine groups is 4. The van der Waals surface area contributed by atoms with Crippen LogP contribution in [0, 0.1) is 29.1 Å². The van der Waals surface area contributed by atoms with Gasteiger partial charge in [0.05, 0.1) is 25.0 Å². The third kappa shape index (κ3) is 10.1. The van der Waals surface area contributed by atoms with Crippen LogP contribution < -0.4 is 0 Å². The molecule has 2 fully saturated rings. The van der Waals surface area contributed by atoms with Gasteiger partial charge in [0.1, 0.15) is 0 Å². The van der Waals surface area contributed by atoms with Gasteiger partial charge in [0, 0.05) is 23.2 Å². The molecule has 270 valence electrons. The molecule has 2 aliphatic rings. The van der Waals surface area contributed by atoms with E-state index in [1.165, 1.54) is 51.4 Å². The summed E-state index contributed by atoms with van der Waals surface area (Å²) < 4.78 is 0. The maximum Gasteiger partial charge on any atom is 0.310 e. The number of aliphatic carboxylic acids is 2. The number of nitrogens with zero attached hydrogens (tertiary/aromatic N) is 2. The van der Waals surface area contributed by atoms with Gasteiger partial charge in [0.2, 0.25) is 0 Å². The fourth-order valence-electron chi connectivity index (χ4n) is 8.99. The molecule has 2 heterocycles. The highest BCUT2D eigenvalue weighted by atomic mass is 16.7. The largest absolute Gasteiger partial charge is 0.481 e. The Labute approximate surface area is 282 Å². The van der Waals surface area contributed by atoms with Gasteiger partial charge in [-0.3, -0.25) is 19.3 Å². The Hall–Kier alpha value is -1.22. The van der Waals surface area contributed by atoms with E-state index in [0.29, 0.717) is 26.1 Å². The molecule has 0 aromatic heterocycles. The van der Waals surface area contributed by atoms with Gasteiger partial charge in [-0.2, -0.15) is 10.1 Å². The third-order valence-corrected chi connectivity index (χ3v) is 11.8. The van der Waals surface area contributed by atoms with Gasteiger partial charge >= 0.3 is 11.9 Å². The van der Waals surface area contributed by atoms with E-state index in [-0.39, 0.29) is 42.2 Å². The van der Waals surface area contributed by atoms with Crippen LogP contribution in [0.15, 0.2) is 0 Å². The summed E-state index contributed by atoms with van der Waals surface area (Å²) in [7, 11) is 0. The Kier molecular flexibility index (Phi) is 16.5. The minimum absolute atomic E-state index is 0.0529. The van der Waals surface area contributed by atoms with Crippen molar-refractivity contribution in [1.82, 2.24) is 10.1 Å². The highest BCUT2D eigenvalue weighted by Gasteiger charge is 2.63. The average Bonchev–Trinajstić information content (AvgIpc) is 2.97. The number of unbranched alkanes of at least 4 members (excludes halogenated alkanes) is 10. The van der Waals surface area contributed by atoms with Crippen LogP contribution in [0.1, 0.15) is 166 Å². The van der Waals surface area contributed by atoms with Crippen molar-refractivity contribution in [3.63, 3.8) is 0 Å². The number of carboxylic acids is 2. The molecule has 0 aromatic rings. The molecule has 6 atom stereocenters. The fourth-order valence-corrected chi connectivity index (χ4v) is 8.99. The second kappa shape index (κ2) is 18.5. The molecule has 0 aromatic carbocycles. The van der Waals surface area contributed by atoms with Crippen molar-refractivity contribution in [2.24, 2.45) is 29.1 Å². The first-order valence-electron chi connectivity index (χ1n) is 18.9. The van der Waals surface area contributed by atoms with E-state index >= 15 is 0 Å². The molecule has 0 radical (unpaired) electrons. The van der Waals surface area contributed by atoms with Crippen molar-refractivity contribution >= 4 is 11.9 Å². The molecule has 6 unspecified atom stereocenters. The molecule has 0 bridgehead atoms. The van der Waals surface area contributed by atoms with Gasteiger partial charge < -0.3 is 10.2 Å². The number of hydrogen-bond donors (Lipinski definition) is 2. The molecule has 0 amide bonds. The lowest BCUT2D eigenvalue weighted by Gasteiger charge is -2.60. The van der Waals surface area contributed by atoms with Crippen LogP contribution in [0.2, 0.25) is 0 Å². The van der Waals surface area contributed by atoms with Gasteiger partial charge in [-0.05, 0) is 90.9 Å². The maximum atomic E-state index is 13.7. The first-order chi connectivity index (χ1) is 21.6. The second-order valence-electron chi connectivity index (χ2n) is 16.2. The Morgan fingerprint density at radius 1 is 0.652 bits per heavy atom. The predicted octanol–water partition coefficient (Wildman–Crippen LogP) is 9.37. The number of carbonyl (C=O) groups is 2. The average molecular weight is 653 g/mol. The lowest BCUT2D eigenvalue weighted by atomic mass is 9.50. The fraction of sp³-hybridized carbons (Fsp3) is 0.947. The summed E-state index contributed by atoms with van der Waals surface area (Å²) >= 11 is 0. The van der Waals surface area contributed by atoms with E-state index < -0.39 is 28.4 Å². The summed E-state index contributed by atoms with van der Waals surface area (Å²) in [5, 5.41) is 25.8. The molecular weight excluding hydrogens is 580 g/mol. The molecular formula is C38H72N2O6. The zero-order valence-electron chi connectivity index (χ0n) is 31.4. The zero-order valence-corrected chi connectivity index (χ0v) is 31.4. The molecule has 2 N–H and O–H groups in total. The number of hydrogen-bond acceptors (Lipinski definition) is 6. The second-order valence-corrected chi connectivity index (χ2v) is 16.2. The SMILES string of the molecule is CCCCCCCCON1C(C)C(C)C(C(CC(=O)O)(C(=O)O)C2CC(C)(C)N(OCCCCCCCC)C(C)C2C)CC1(C)C. The first kappa shape index (κ1) is 41.0. The normalized spacial score (nSPS) is 29.8. The molecule has 8 heteroatoms. The summed E-state index contributed by atoms with van der Waals surface area (Å²) in [4.78, 5) is 39.2. The van der Waals surface area contributed by atoms with Gasteiger partial charge in [0.15, 0.2) is 0 Å². The molecule has 0 spiro atoms. The lowest BCUT2D eigenvalue weighted by molar-refractivity contribution is -0.294. The van der Waals surface area contributed by atoms with Crippen molar-refractivity contribution < 1.29 is 29.5 Å². The zero-order chi connectivity index (χ0) is 34.7. The quantitative estimate of drug-likeness (QED) is 0.118. The summed E-state index contributed by atoms with van der Waals surface area (Å²) in [5.41, 5.74) is -2.30. The van der Waals surface area contributed by atoms with Crippen LogP contribution in [0.3, 0.4) is 0 Å². The molecule has 46 heavy (non-hydrogen) atoms. The number of carboxylic acid groups (broad SMARTS) is 2. The maximum absolute atomic E-state index is 13.7. The van der Waals surface area contributed by atoms with Crippen molar-refractivity contribution in [2.45, 2.75) is 189 Å². The van der Waals surface area contributed by atoms with Crippen LogP contribution in [-0.4, -0.2) is 68.7 Å². The van der Waals surface area contributed by atoms with Crippen LogP contribution in [0.5, 0.6) is 0 Å². The minimum Gasteiger partial charge on any atom is -0.481 e. The van der Waals surface area contributed by atoms with Crippen LogP contribution in [-0.2, 0) is 19.3 Å². The Bertz CT molecular complexity index is 867. The van der Waals surface area contributed by atoms with Gasteiger partial charge in [-0.15, -0.1) is 0 Å². The highest BCUT2D eigenvalue weighted by molar-refractivity contribution is 5.82. The lowest BCUT2D eigenvalue weighted by Crippen LogP contribution is -2.67. The summed E-state index contributed by atoms with van der Waals surface area (Å²) in [5.74, 6) is -2.81. The van der Waals surface area contributed by atoms with Crippen LogP contribution >= 0.6 is 0 Å². The van der Waals surface area contributed by atoms with E-state index in [9.17, 15) is 19.8 Å². The van der Waals surface area contributed by atoms with Crippen molar-refractivity contribution in [1.29, 1.82) is 0 Å². The monoisotopic (exact) mass is 653 g/mol. The van der Waals surface area contributed by atoms with Crippen molar-refractivity contribution in [3.8, 4) is 0 Å². The first-order valence-corrected chi connectivity index (χ1v) is 18.9. The van der Waals surface area contributed by atoms with Crippen molar-refractivity contribution in [2.75, 3.05) is 13.2 Å². The number of rotatable bonds is 21. The molecule has 2 aliphatic heterocycles. The van der Waals surface area contributed by atoms with Gasteiger partial charge in [-0.1, -0.05) is 91.9 Å². The van der Waals surface area contributed by atoms with E-state index in [4.69, 9.17) is 9.68 Å². The molecule has 0 aliphatic carbocycles. The minimum atomic E-state index is -1.42. The van der Waals surface area contributed by atoms with E-state index in [2.05, 4.69) is 79.4 Å². The number of piperidine rings is 2. The molecule has 2 rings (SSSR count). The smallest absolute Gasteiger partial charge is 0.310 e. The standard InChI is InChI=1S/C38H72N2O6/c1-11-13-15-17-19-21-23-45-39-30(5)28(3)32(25-36(39,7)8)38(35(43)44,27-34(41)42)33-26-37(9,10)40(31(6)29(33)4)46-24-22-20-18-16-14-12-2/h28-33H,11-27H2,1-10H3,(H,41,42)(H,43,44). The van der Waals surface area contributed by atoms with Gasteiger partial charge in [-0.25, -0.2) is 0 Å². The van der Waals surface area contributed by atoms with E-state index in [1.54, 1.807) is 0 Å². The molecule has 2 saturated heterocycles. The van der Waals surface area contributed by atoms with E-state index in [1.807, 2.05) is 0 Å². The van der Waals surface area contributed by atoms with Gasteiger partial charge in [0.25, 0.3) is 0 Å². The molecule has 0 saturated carbocycles. The van der Waals surface area contributed by atoms with E-state index in [0.717, 1.165) is 25.7 Å². The summed E-state index contributed by atoms with van der Waals surface area (Å²) in [6.07, 6.45) is 15.0. The van der Waals surface area contributed by atoms with Crippen LogP contribution in [0.4, 0.5) is 0 Å². The topological polar surface area (TPSA) is 99.5 Å². The molecule has 8 nitrogen and oxygen atoms in total. The van der Waals surface area contributed by atoms with Crippen LogP contribution in [0.25, 0.3) is 0 Å². The Morgan fingerprint density at radius 3 is 1.33 bits per heavy atom. The Morgan fingerprint density at radius 2 is 1.00 bits per heavy atom. The Balaban J connectivity index is 2.30. The highest BCUT2D eigenvalue weighted by Crippen LogP contribution is 2.58. The predicted molar refractivity (Wildman–Crippen MR) is 186 cm³/mol. The summed E-state index contributed by atoms with van der Waals surface area (Å²) in [6.45, 7) is 22.8. The third-order valence-electron chi connectivity index (χ3n) is 11.8.